The minimum Gasteiger partial charge on any atom is -0.379 e. The van der Waals surface area contributed by atoms with Crippen molar-refractivity contribution in [2.45, 2.75) is 32.6 Å². The minimum atomic E-state index is -0.0881. The van der Waals surface area contributed by atoms with Crippen molar-refractivity contribution in [2.24, 2.45) is 11.8 Å². The molecule has 0 aliphatic carbocycles. The van der Waals surface area contributed by atoms with Gasteiger partial charge in [0, 0.05) is 0 Å². The van der Waals surface area contributed by atoms with Crippen LogP contribution in [0.3, 0.4) is 0 Å². The van der Waals surface area contributed by atoms with Crippen LogP contribution in [0.15, 0.2) is 24.3 Å². The molecule has 1 aliphatic heterocycles. The molecule has 96 valence electrons. The zero-order valence-corrected chi connectivity index (χ0v) is 11.4. The molecule has 1 aromatic rings. The number of hydrogen-bond donors (Lipinski definition) is 0. The molecule has 0 radical (unpaired) electrons. The van der Waals surface area contributed by atoms with Gasteiger partial charge >= 0.3 is 0 Å². The van der Waals surface area contributed by atoms with Crippen LogP contribution in [0.25, 0.3) is 0 Å². The lowest BCUT2D eigenvalue weighted by Gasteiger charge is -2.46. The molecule has 18 heavy (non-hydrogen) atoms. The van der Waals surface area contributed by atoms with Gasteiger partial charge in [-0.15, -0.1) is 0 Å². The smallest absolute Gasteiger partial charge is 0.0669 e. The predicted molar refractivity (Wildman–Crippen MR) is 72.3 cm³/mol. The fourth-order valence-electron chi connectivity index (χ4n) is 2.83. The van der Waals surface area contributed by atoms with Gasteiger partial charge in [-0.05, 0) is 23.5 Å². The van der Waals surface area contributed by atoms with E-state index in [1.54, 1.807) is 0 Å². The van der Waals surface area contributed by atoms with Gasteiger partial charge in [-0.3, -0.25) is 0 Å². The first kappa shape index (κ1) is 13.1. The maximum Gasteiger partial charge on any atom is 0.0669 e. The van der Waals surface area contributed by atoms with Gasteiger partial charge in [0.15, 0.2) is 0 Å². The zero-order valence-electron chi connectivity index (χ0n) is 11.4. The molecule has 1 unspecified atom stereocenters. The maximum atomic E-state index is 9.45. The second kappa shape index (κ2) is 5.12. The minimum absolute atomic E-state index is 0.0266. The molecule has 0 bridgehead atoms. The summed E-state index contributed by atoms with van der Waals surface area (Å²) in [5.41, 5.74) is 2.51. The van der Waals surface area contributed by atoms with Crippen LogP contribution in [-0.4, -0.2) is 13.2 Å². The van der Waals surface area contributed by atoms with Gasteiger partial charge in [-0.2, -0.15) is 5.26 Å². The Bertz CT molecular complexity index is 437. The summed E-state index contributed by atoms with van der Waals surface area (Å²) >= 11 is 0. The first-order valence-electron chi connectivity index (χ1n) is 6.71. The van der Waals surface area contributed by atoms with E-state index in [1.165, 1.54) is 11.1 Å². The Balaban J connectivity index is 2.34. The highest BCUT2D eigenvalue weighted by Gasteiger charge is 2.48. The fraction of sp³-hybridized carbons (Fsp3) is 0.562. The van der Waals surface area contributed by atoms with E-state index in [0.29, 0.717) is 19.1 Å². The lowest BCUT2D eigenvalue weighted by Crippen LogP contribution is -2.53. The van der Waals surface area contributed by atoms with Gasteiger partial charge in [0.2, 0.25) is 0 Å². The molecule has 2 nitrogen and oxygen atoms in total. The van der Waals surface area contributed by atoms with Crippen molar-refractivity contribution in [3.63, 3.8) is 0 Å². The molecule has 0 spiro atoms. The van der Waals surface area contributed by atoms with E-state index in [4.69, 9.17) is 4.74 Å². The van der Waals surface area contributed by atoms with Crippen molar-refractivity contribution in [2.75, 3.05) is 13.2 Å². The monoisotopic (exact) mass is 243 g/mol. The molecule has 2 rings (SSSR count). The highest BCUT2D eigenvalue weighted by Crippen LogP contribution is 2.42. The lowest BCUT2D eigenvalue weighted by molar-refractivity contribution is -0.0876. The maximum absolute atomic E-state index is 9.45. The number of nitriles is 1. The molecule has 1 aromatic carbocycles. The normalized spacial score (nSPS) is 19.1. The van der Waals surface area contributed by atoms with Crippen molar-refractivity contribution in [3.05, 3.63) is 35.4 Å². The van der Waals surface area contributed by atoms with Crippen LogP contribution in [-0.2, 0) is 16.6 Å². The van der Waals surface area contributed by atoms with E-state index in [9.17, 15) is 5.26 Å². The Morgan fingerprint density at radius 2 is 1.89 bits per heavy atom. The van der Waals surface area contributed by atoms with Gasteiger partial charge in [-0.25, -0.2) is 0 Å². The summed E-state index contributed by atoms with van der Waals surface area (Å²) in [5.74, 6) is 0.378. The highest BCUT2D eigenvalue weighted by molar-refractivity contribution is 5.34. The molecule has 1 atom stereocenters. The molecule has 1 aliphatic rings. The second-order valence-electron chi connectivity index (χ2n) is 5.55. The standard InChI is InChI=1S/C16H21NO/c1-4-13-5-7-14(8-6-13)16(10-18-11-16)15(9-17)12(2)3/h5-8,12,15H,4,10-11H2,1-3H3. The summed E-state index contributed by atoms with van der Waals surface area (Å²) in [7, 11) is 0. The van der Waals surface area contributed by atoms with E-state index in [1.807, 2.05) is 0 Å². The van der Waals surface area contributed by atoms with E-state index in [0.717, 1.165) is 6.42 Å². The van der Waals surface area contributed by atoms with E-state index < -0.39 is 0 Å². The Morgan fingerprint density at radius 3 is 2.22 bits per heavy atom. The van der Waals surface area contributed by atoms with Crippen LogP contribution in [0.4, 0.5) is 0 Å². The van der Waals surface area contributed by atoms with Crippen molar-refractivity contribution < 1.29 is 4.74 Å². The van der Waals surface area contributed by atoms with Gasteiger partial charge in [0.05, 0.1) is 30.6 Å². The van der Waals surface area contributed by atoms with Gasteiger partial charge < -0.3 is 4.74 Å². The quantitative estimate of drug-likeness (QED) is 0.812. The Labute approximate surface area is 110 Å². The van der Waals surface area contributed by atoms with Crippen LogP contribution in [0.1, 0.15) is 31.9 Å². The topological polar surface area (TPSA) is 33.0 Å². The Morgan fingerprint density at radius 1 is 1.28 bits per heavy atom. The highest BCUT2D eigenvalue weighted by atomic mass is 16.5. The van der Waals surface area contributed by atoms with Crippen molar-refractivity contribution in [1.82, 2.24) is 0 Å². The summed E-state index contributed by atoms with van der Waals surface area (Å²) in [6.45, 7) is 7.75. The third kappa shape index (κ3) is 2.04. The van der Waals surface area contributed by atoms with E-state index >= 15 is 0 Å². The number of ether oxygens (including phenoxy) is 1. The summed E-state index contributed by atoms with van der Waals surface area (Å²) in [6, 6.07) is 11.2. The first-order chi connectivity index (χ1) is 8.64. The third-order valence-electron chi connectivity index (χ3n) is 4.06. The molecule has 0 saturated carbocycles. The molecule has 2 heteroatoms. The van der Waals surface area contributed by atoms with Gasteiger partial charge in [0.25, 0.3) is 0 Å². The van der Waals surface area contributed by atoms with Gasteiger partial charge in [0.1, 0.15) is 0 Å². The number of aryl methyl sites for hydroxylation is 1. The zero-order chi connectivity index (χ0) is 13.2. The Hall–Kier alpha value is -1.33. The van der Waals surface area contributed by atoms with Crippen LogP contribution in [0, 0.1) is 23.2 Å². The molecule has 1 heterocycles. The van der Waals surface area contributed by atoms with Crippen LogP contribution >= 0.6 is 0 Å². The summed E-state index contributed by atoms with van der Waals surface area (Å²) in [5, 5.41) is 9.45. The van der Waals surface area contributed by atoms with Crippen molar-refractivity contribution in [1.29, 1.82) is 5.26 Å². The summed E-state index contributed by atoms with van der Waals surface area (Å²) < 4.78 is 5.43. The van der Waals surface area contributed by atoms with Crippen molar-refractivity contribution in [3.8, 4) is 6.07 Å². The molecular formula is C16H21NO. The van der Waals surface area contributed by atoms with Crippen molar-refractivity contribution >= 4 is 0 Å². The summed E-state index contributed by atoms with van der Waals surface area (Å²) in [4.78, 5) is 0. The largest absolute Gasteiger partial charge is 0.379 e. The average molecular weight is 243 g/mol. The predicted octanol–water partition coefficient (Wildman–Crippen LogP) is 3.31. The fourth-order valence-corrected chi connectivity index (χ4v) is 2.83. The van der Waals surface area contributed by atoms with Crippen LogP contribution in [0.2, 0.25) is 0 Å². The van der Waals surface area contributed by atoms with E-state index in [2.05, 4.69) is 51.1 Å². The SMILES string of the molecule is CCc1ccc(C2(C(C#N)C(C)C)COC2)cc1. The first-order valence-corrected chi connectivity index (χ1v) is 6.71. The Kier molecular flexibility index (Phi) is 3.73. The molecule has 0 amide bonds. The molecular weight excluding hydrogens is 222 g/mol. The molecule has 0 aromatic heterocycles. The summed E-state index contributed by atoms with van der Waals surface area (Å²) in [6.07, 6.45) is 1.05. The number of rotatable bonds is 4. The number of nitrogens with zero attached hydrogens (tertiary/aromatic N) is 1. The second-order valence-corrected chi connectivity index (χ2v) is 5.55. The molecule has 1 saturated heterocycles. The number of benzene rings is 1. The van der Waals surface area contributed by atoms with Crippen LogP contribution < -0.4 is 0 Å². The number of hydrogen-bond acceptors (Lipinski definition) is 2. The lowest BCUT2D eigenvalue weighted by atomic mass is 9.65. The average Bonchev–Trinajstić information content (AvgIpc) is 2.33. The molecule has 0 N–H and O–H groups in total. The third-order valence-corrected chi connectivity index (χ3v) is 4.06. The van der Waals surface area contributed by atoms with E-state index in [-0.39, 0.29) is 11.3 Å². The van der Waals surface area contributed by atoms with Crippen LogP contribution in [0.5, 0.6) is 0 Å². The molecule has 1 fully saturated rings. The van der Waals surface area contributed by atoms with Gasteiger partial charge in [-0.1, -0.05) is 45.0 Å².